The van der Waals surface area contributed by atoms with Gasteiger partial charge in [0, 0.05) is 58.1 Å². The van der Waals surface area contributed by atoms with Crippen molar-refractivity contribution in [1.82, 2.24) is 24.8 Å². The lowest BCUT2D eigenvalue weighted by atomic mass is 10.2. The molecule has 0 atom stereocenters. The lowest BCUT2D eigenvalue weighted by Gasteiger charge is -2.34. The van der Waals surface area contributed by atoms with Crippen LogP contribution in [0.2, 0.25) is 0 Å². The molecule has 4 rings (SSSR count). The number of aromatic nitrogens is 3. The van der Waals surface area contributed by atoms with E-state index in [2.05, 4.69) is 51.0 Å². The Labute approximate surface area is 148 Å². The molecule has 1 aliphatic rings. The van der Waals surface area contributed by atoms with Gasteiger partial charge in [0.15, 0.2) is 0 Å². The second-order valence-corrected chi connectivity index (χ2v) is 6.93. The van der Waals surface area contributed by atoms with Crippen molar-refractivity contribution in [2.24, 2.45) is 0 Å². The van der Waals surface area contributed by atoms with Crippen molar-refractivity contribution in [3.8, 4) is 0 Å². The average Bonchev–Trinajstić information content (AvgIpc) is 3.04. The van der Waals surface area contributed by atoms with E-state index in [-0.39, 0.29) is 0 Å². The van der Waals surface area contributed by atoms with Crippen molar-refractivity contribution in [2.45, 2.75) is 19.9 Å². The van der Waals surface area contributed by atoms with E-state index in [4.69, 9.17) is 4.98 Å². The zero-order valence-electron chi connectivity index (χ0n) is 14.8. The number of imidazole rings is 1. The predicted molar refractivity (Wildman–Crippen MR) is 100 cm³/mol. The topological polar surface area (TPSA) is 48.1 Å². The molecule has 0 unspecified atom stereocenters. The molecule has 1 aliphatic heterocycles. The Morgan fingerprint density at radius 3 is 2.72 bits per heavy atom. The van der Waals surface area contributed by atoms with Crippen LogP contribution in [0.5, 0.6) is 0 Å². The van der Waals surface area contributed by atoms with Crippen LogP contribution in [0.1, 0.15) is 17.0 Å². The van der Waals surface area contributed by atoms with Gasteiger partial charge in [0.25, 0.3) is 0 Å². The Morgan fingerprint density at radius 2 is 1.92 bits per heavy atom. The minimum Gasteiger partial charge on any atom is -0.342 e. The van der Waals surface area contributed by atoms with Crippen molar-refractivity contribution < 1.29 is 0 Å². The third kappa shape index (κ3) is 4.06. The number of benzene rings is 1. The fraction of sp³-hybridized carbons (Fsp3) is 0.400. The molecule has 1 N–H and O–H groups in total. The van der Waals surface area contributed by atoms with Gasteiger partial charge in [-0.1, -0.05) is 12.1 Å². The molecule has 3 heterocycles. The summed E-state index contributed by atoms with van der Waals surface area (Å²) in [5, 5.41) is 0. The first kappa shape index (κ1) is 16.2. The maximum absolute atomic E-state index is 4.71. The van der Waals surface area contributed by atoms with Gasteiger partial charge >= 0.3 is 0 Å². The zero-order valence-corrected chi connectivity index (χ0v) is 14.8. The lowest BCUT2D eigenvalue weighted by molar-refractivity contribution is 0.128. The molecule has 130 valence electrons. The number of aryl methyl sites for hydroxylation is 1. The number of aromatic amines is 1. The van der Waals surface area contributed by atoms with Gasteiger partial charge in [0.05, 0.1) is 11.0 Å². The highest BCUT2D eigenvalue weighted by Gasteiger charge is 2.17. The number of nitrogens with one attached hydrogen (secondary N) is 1. The fourth-order valence-corrected chi connectivity index (χ4v) is 3.48. The maximum atomic E-state index is 4.71. The molecule has 0 radical (unpaired) electrons. The number of H-pyrrole nitrogens is 1. The molecular formula is C20H25N5. The Morgan fingerprint density at radius 1 is 1.08 bits per heavy atom. The van der Waals surface area contributed by atoms with Crippen LogP contribution >= 0.6 is 0 Å². The summed E-state index contributed by atoms with van der Waals surface area (Å²) in [4.78, 5) is 17.4. The molecule has 1 saturated heterocycles. The van der Waals surface area contributed by atoms with Crippen molar-refractivity contribution in [1.29, 1.82) is 0 Å². The molecule has 0 amide bonds. The fourth-order valence-electron chi connectivity index (χ4n) is 3.48. The third-order valence-electron chi connectivity index (χ3n) is 4.95. The number of fused-ring (bicyclic) bond motifs is 1. The van der Waals surface area contributed by atoms with Crippen LogP contribution in [0.3, 0.4) is 0 Å². The van der Waals surface area contributed by atoms with E-state index >= 15 is 0 Å². The summed E-state index contributed by atoms with van der Waals surface area (Å²) in [6.07, 6.45) is 4.78. The summed E-state index contributed by atoms with van der Waals surface area (Å²) in [6.45, 7) is 8.68. The predicted octanol–water partition coefficient (Wildman–Crippen LogP) is 2.63. The third-order valence-corrected chi connectivity index (χ3v) is 4.95. The Kier molecular flexibility index (Phi) is 4.76. The lowest BCUT2D eigenvalue weighted by Crippen LogP contribution is -2.46. The van der Waals surface area contributed by atoms with Gasteiger partial charge in [0.1, 0.15) is 5.82 Å². The first-order valence-electron chi connectivity index (χ1n) is 9.05. The average molecular weight is 335 g/mol. The van der Waals surface area contributed by atoms with Gasteiger partial charge in [-0.15, -0.1) is 0 Å². The molecule has 0 saturated carbocycles. The summed E-state index contributed by atoms with van der Waals surface area (Å²) in [6, 6.07) is 10.6. The standard InChI is InChI=1S/C20H25N5/c1-16-4-5-18-19(13-16)23-20(22-18)6-8-24-9-11-25(12-10-24)15-17-3-2-7-21-14-17/h2-5,7,13-14H,6,8-12,15H2,1H3,(H,22,23). The summed E-state index contributed by atoms with van der Waals surface area (Å²) in [5.74, 6) is 1.10. The van der Waals surface area contributed by atoms with Crippen LogP contribution in [-0.4, -0.2) is 57.5 Å². The maximum Gasteiger partial charge on any atom is 0.108 e. The monoisotopic (exact) mass is 335 g/mol. The normalized spacial score (nSPS) is 16.5. The van der Waals surface area contributed by atoms with Crippen LogP contribution < -0.4 is 0 Å². The van der Waals surface area contributed by atoms with Gasteiger partial charge in [-0.05, 0) is 36.2 Å². The summed E-state index contributed by atoms with van der Waals surface area (Å²) in [5.41, 5.74) is 4.79. The first-order chi connectivity index (χ1) is 12.3. The number of nitrogens with zero attached hydrogens (tertiary/aromatic N) is 4. The minimum absolute atomic E-state index is 0.982. The SMILES string of the molecule is Cc1ccc2nc(CCN3CCN(Cc4cccnc4)CC3)[nH]c2c1. The van der Waals surface area contributed by atoms with Crippen LogP contribution in [0, 0.1) is 6.92 Å². The van der Waals surface area contributed by atoms with E-state index in [1.807, 2.05) is 18.5 Å². The van der Waals surface area contributed by atoms with E-state index in [9.17, 15) is 0 Å². The smallest absolute Gasteiger partial charge is 0.108 e. The van der Waals surface area contributed by atoms with Gasteiger partial charge in [0.2, 0.25) is 0 Å². The highest BCUT2D eigenvalue weighted by molar-refractivity contribution is 5.75. The highest BCUT2D eigenvalue weighted by atomic mass is 15.3. The molecule has 2 aromatic heterocycles. The van der Waals surface area contributed by atoms with Crippen LogP contribution in [0.15, 0.2) is 42.7 Å². The molecule has 5 heteroatoms. The number of hydrogen-bond donors (Lipinski definition) is 1. The van der Waals surface area contributed by atoms with Gasteiger partial charge in [-0.3, -0.25) is 9.88 Å². The molecule has 25 heavy (non-hydrogen) atoms. The molecule has 0 bridgehead atoms. The number of hydrogen-bond acceptors (Lipinski definition) is 4. The van der Waals surface area contributed by atoms with Crippen molar-refractivity contribution in [3.05, 3.63) is 59.7 Å². The van der Waals surface area contributed by atoms with Gasteiger partial charge < -0.3 is 9.88 Å². The van der Waals surface area contributed by atoms with E-state index < -0.39 is 0 Å². The molecule has 5 nitrogen and oxygen atoms in total. The second kappa shape index (κ2) is 7.33. The van der Waals surface area contributed by atoms with Gasteiger partial charge in [-0.2, -0.15) is 0 Å². The Balaban J connectivity index is 1.27. The molecular weight excluding hydrogens is 310 g/mol. The minimum atomic E-state index is 0.982. The Hall–Kier alpha value is -2.24. The number of piperazine rings is 1. The Bertz CT molecular complexity index is 818. The van der Waals surface area contributed by atoms with Crippen LogP contribution in [0.25, 0.3) is 11.0 Å². The quantitative estimate of drug-likeness (QED) is 0.779. The molecule has 0 aliphatic carbocycles. The molecule has 0 spiro atoms. The summed E-state index contributed by atoms with van der Waals surface area (Å²) >= 11 is 0. The van der Waals surface area contributed by atoms with Crippen molar-refractivity contribution >= 4 is 11.0 Å². The van der Waals surface area contributed by atoms with Crippen LogP contribution in [0.4, 0.5) is 0 Å². The van der Waals surface area contributed by atoms with E-state index in [1.165, 1.54) is 11.1 Å². The first-order valence-corrected chi connectivity index (χ1v) is 9.05. The van der Waals surface area contributed by atoms with E-state index in [0.717, 1.165) is 62.5 Å². The number of rotatable bonds is 5. The van der Waals surface area contributed by atoms with Gasteiger partial charge in [-0.25, -0.2) is 4.98 Å². The highest BCUT2D eigenvalue weighted by Crippen LogP contribution is 2.14. The van der Waals surface area contributed by atoms with E-state index in [1.54, 1.807) is 0 Å². The van der Waals surface area contributed by atoms with Crippen molar-refractivity contribution in [2.75, 3.05) is 32.7 Å². The van der Waals surface area contributed by atoms with Crippen LogP contribution in [-0.2, 0) is 13.0 Å². The molecule has 1 fully saturated rings. The summed E-state index contributed by atoms with van der Waals surface area (Å²) < 4.78 is 0. The van der Waals surface area contributed by atoms with Crippen molar-refractivity contribution in [3.63, 3.8) is 0 Å². The van der Waals surface area contributed by atoms with E-state index in [0.29, 0.717) is 0 Å². The number of pyridine rings is 1. The summed E-state index contributed by atoms with van der Waals surface area (Å²) in [7, 11) is 0. The molecule has 3 aromatic rings. The molecule has 1 aromatic carbocycles. The second-order valence-electron chi connectivity index (χ2n) is 6.93. The largest absolute Gasteiger partial charge is 0.342 e. The zero-order chi connectivity index (χ0) is 17.1.